The van der Waals surface area contributed by atoms with E-state index < -0.39 is 0 Å². The molecule has 0 atom stereocenters. The highest BCUT2D eigenvalue weighted by Gasteiger charge is 2.01. The van der Waals surface area contributed by atoms with Gasteiger partial charge in [0.2, 0.25) is 0 Å². The Morgan fingerprint density at radius 2 is 1.76 bits per heavy atom. The van der Waals surface area contributed by atoms with Crippen LogP contribution in [0.25, 0.3) is 0 Å². The number of aryl methyl sites for hydroxylation is 2. The molecule has 17 heavy (non-hydrogen) atoms. The van der Waals surface area contributed by atoms with Crippen LogP contribution in [0.3, 0.4) is 0 Å². The van der Waals surface area contributed by atoms with E-state index in [1.54, 1.807) is 0 Å². The minimum absolute atomic E-state index is 1.05. The zero-order valence-corrected chi connectivity index (χ0v) is 11.0. The summed E-state index contributed by atoms with van der Waals surface area (Å²) in [4.78, 5) is 0. The van der Waals surface area contributed by atoms with Gasteiger partial charge in [-0.05, 0) is 43.2 Å². The number of hydrogen-bond donors (Lipinski definition) is 0. The topological polar surface area (TPSA) is 0 Å². The molecule has 1 aromatic rings. The van der Waals surface area contributed by atoms with Gasteiger partial charge in [-0.2, -0.15) is 0 Å². The van der Waals surface area contributed by atoms with E-state index in [9.17, 15) is 0 Å². The molecule has 1 rings (SSSR count). The van der Waals surface area contributed by atoms with Crippen LogP contribution in [0.15, 0.2) is 49.1 Å². The van der Waals surface area contributed by atoms with Gasteiger partial charge in [-0.1, -0.05) is 55.8 Å². The van der Waals surface area contributed by atoms with Crippen LogP contribution in [0.2, 0.25) is 0 Å². The maximum atomic E-state index is 4.14. The molecule has 0 saturated carbocycles. The smallest absolute Gasteiger partial charge is 0.0239 e. The summed E-state index contributed by atoms with van der Waals surface area (Å²) in [6.07, 6.45) is 8.75. The summed E-state index contributed by atoms with van der Waals surface area (Å²) in [6, 6.07) is 8.79. The second kappa shape index (κ2) is 7.89. The Morgan fingerprint density at radius 1 is 1.12 bits per heavy atom. The van der Waals surface area contributed by atoms with Gasteiger partial charge >= 0.3 is 0 Å². The minimum Gasteiger partial charge on any atom is -0.103 e. The van der Waals surface area contributed by atoms with Crippen LogP contribution in [-0.2, 0) is 12.8 Å². The van der Waals surface area contributed by atoms with Crippen molar-refractivity contribution in [2.24, 2.45) is 0 Å². The van der Waals surface area contributed by atoms with Gasteiger partial charge in [-0.3, -0.25) is 0 Å². The summed E-state index contributed by atoms with van der Waals surface area (Å²) in [7, 11) is 0. The lowest BCUT2D eigenvalue weighted by Crippen LogP contribution is -1.95. The summed E-state index contributed by atoms with van der Waals surface area (Å²) < 4.78 is 0. The highest BCUT2D eigenvalue weighted by atomic mass is 14.1. The zero-order chi connectivity index (χ0) is 12.5. The van der Waals surface area contributed by atoms with Crippen molar-refractivity contribution in [2.75, 3.05) is 0 Å². The molecular formula is C17H24. The molecule has 0 spiro atoms. The van der Waals surface area contributed by atoms with E-state index in [1.807, 2.05) is 6.08 Å². The van der Waals surface area contributed by atoms with Crippen molar-refractivity contribution in [3.05, 3.63) is 60.2 Å². The molecule has 0 fully saturated rings. The average molecular weight is 228 g/mol. The SMILES string of the molecule is C=CCCC(=C)CCc1ccccc1CCC. The number of benzene rings is 1. The van der Waals surface area contributed by atoms with E-state index >= 15 is 0 Å². The van der Waals surface area contributed by atoms with Crippen LogP contribution < -0.4 is 0 Å². The molecule has 0 heterocycles. The second-order valence-corrected chi connectivity index (χ2v) is 4.60. The van der Waals surface area contributed by atoms with Crippen LogP contribution in [0, 0.1) is 0 Å². The molecule has 0 bridgehead atoms. The quantitative estimate of drug-likeness (QED) is 0.543. The first-order valence-electron chi connectivity index (χ1n) is 6.62. The summed E-state index contributed by atoms with van der Waals surface area (Å²) in [5, 5.41) is 0. The summed E-state index contributed by atoms with van der Waals surface area (Å²) >= 11 is 0. The van der Waals surface area contributed by atoms with Crippen molar-refractivity contribution < 1.29 is 0 Å². The molecular weight excluding hydrogens is 204 g/mol. The highest BCUT2D eigenvalue weighted by molar-refractivity contribution is 5.28. The Morgan fingerprint density at radius 3 is 2.35 bits per heavy atom. The first-order valence-corrected chi connectivity index (χ1v) is 6.62. The molecule has 0 aliphatic rings. The molecule has 0 N–H and O–H groups in total. The maximum Gasteiger partial charge on any atom is -0.0239 e. The fourth-order valence-corrected chi connectivity index (χ4v) is 2.06. The third-order valence-electron chi connectivity index (χ3n) is 3.09. The lowest BCUT2D eigenvalue weighted by atomic mass is 9.96. The number of rotatable bonds is 8. The van der Waals surface area contributed by atoms with Crippen molar-refractivity contribution in [3.8, 4) is 0 Å². The van der Waals surface area contributed by atoms with Gasteiger partial charge < -0.3 is 0 Å². The van der Waals surface area contributed by atoms with E-state index in [-0.39, 0.29) is 0 Å². The molecule has 0 unspecified atom stereocenters. The molecule has 0 amide bonds. The standard InChI is InChI=1S/C17H24/c1-4-6-10-15(3)13-14-17-12-8-7-11-16(17)9-5-2/h4,7-8,11-12H,1,3,5-6,9-10,13-14H2,2H3. The lowest BCUT2D eigenvalue weighted by Gasteiger charge is -2.09. The van der Waals surface area contributed by atoms with Crippen LogP contribution in [0.5, 0.6) is 0 Å². The molecule has 0 aliphatic carbocycles. The molecule has 0 heteroatoms. The Labute approximate surface area is 106 Å². The van der Waals surface area contributed by atoms with Crippen LogP contribution >= 0.6 is 0 Å². The Hall–Kier alpha value is -1.30. The second-order valence-electron chi connectivity index (χ2n) is 4.60. The maximum absolute atomic E-state index is 4.14. The van der Waals surface area contributed by atoms with Crippen molar-refractivity contribution >= 4 is 0 Å². The van der Waals surface area contributed by atoms with E-state index in [0.717, 1.165) is 25.7 Å². The van der Waals surface area contributed by atoms with Gasteiger partial charge in [0.15, 0.2) is 0 Å². The van der Waals surface area contributed by atoms with Gasteiger partial charge in [0.05, 0.1) is 0 Å². The predicted molar refractivity (Wildman–Crippen MR) is 77.3 cm³/mol. The van der Waals surface area contributed by atoms with Crippen molar-refractivity contribution in [2.45, 2.75) is 45.4 Å². The van der Waals surface area contributed by atoms with Crippen LogP contribution in [0.4, 0.5) is 0 Å². The molecule has 92 valence electrons. The Bertz CT molecular complexity index is 360. The summed E-state index contributed by atoms with van der Waals surface area (Å²) in [5.74, 6) is 0. The molecule has 0 aromatic heterocycles. The zero-order valence-electron chi connectivity index (χ0n) is 11.0. The average Bonchev–Trinajstić information content (AvgIpc) is 2.35. The Balaban J connectivity index is 2.50. The third-order valence-corrected chi connectivity index (χ3v) is 3.09. The molecule has 0 nitrogen and oxygen atoms in total. The summed E-state index contributed by atoms with van der Waals surface area (Å²) in [6.45, 7) is 10.1. The van der Waals surface area contributed by atoms with E-state index in [4.69, 9.17) is 0 Å². The van der Waals surface area contributed by atoms with Crippen molar-refractivity contribution in [3.63, 3.8) is 0 Å². The van der Waals surface area contributed by atoms with Crippen molar-refractivity contribution in [1.82, 2.24) is 0 Å². The minimum atomic E-state index is 1.05. The van der Waals surface area contributed by atoms with E-state index in [2.05, 4.69) is 44.3 Å². The first kappa shape index (κ1) is 13.8. The first-order chi connectivity index (χ1) is 8.27. The molecule has 0 radical (unpaired) electrons. The third kappa shape index (κ3) is 5.04. The van der Waals surface area contributed by atoms with Gasteiger partial charge in [0.25, 0.3) is 0 Å². The molecule has 0 saturated heterocycles. The predicted octanol–water partition coefficient (Wildman–Crippen LogP) is 5.09. The lowest BCUT2D eigenvalue weighted by molar-refractivity contribution is 0.832. The van der Waals surface area contributed by atoms with Crippen LogP contribution in [-0.4, -0.2) is 0 Å². The fourth-order valence-electron chi connectivity index (χ4n) is 2.06. The normalized spacial score (nSPS) is 10.2. The monoisotopic (exact) mass is 228 g/mol. The largest absolute Gasteiger partial charge is 0.103 e. The van der Waals surface area contributed by atoms with Gasteiger partial charge in [-0.15, -0.1) is 6.58 Å². The van der Waals surface area contributed by atoms with Gasteiger partial charge in [0.1, 0.15) is 0 Å². The molecule has 0 aliphatic heterocycles. The fraction of sp³-hybridized carbons (Fsp3) is 0.412. The Kier molecular flexibility index (Phi) is 6.39. The van der Waals surface area contributed by atoms with E-state index in [0.29, 0.717) is 0 Å². The number of hydrogen-bond acceptors (Lipinski definition) is 0. The summed E-state index contributed by atoms with van der Waals surface area (Å²) in [5.41, 5.74) is 4.34. The van der Waals surface area contributed by atoms with Gasteiger partial charge in [0, 0.05) is 0 Å². The van der Waals surface area contributed by atoms with Gasteiger partial charge in [-0.25, -0.2) is 0 Å². The molecule has 1 aromatic carbocycles. The highest BCUT2D eigenvalue weighted by Crippen LogP contribution is 2.17. The van der Waals surface area contributed by atoms with E-state index in [1.165, 1.54) is 29.5 Å². The van der Waals surface area contributed by atoms with Crippen molar-refractivity contribution in [1.29, 1.82) is 0 Å². The number of allylic oxidation sites excluding steroid dienone is 2. The van der Waals surface area contributed by atoms with Crippen LogP contribution in [0.1, 0.15) is 43.7 Å².